The second-order valence-corrected chi connectivity index (χ2v) is 7.41. The topological polar surface area (TPSA) is 63.4 Å². The van der Waals surface area contributed by atoms with Gasteiger partial charge in [0, 0.05) is 18.7 Å². The van der Waals surface area contributed by atoms with Crippen molar-refractivity contribution in [3.8, 4) is 0 Å². The van der Waals surface area contributed by atoms with Gasteiger partial charge in [-0.05, 0) is 31.9 Å². The van der Waals surface area contributed by atoms with Gasteiger partial charge in [-0.3, -0.25) is 0 Å². The summed E-state index contributed by atoms with van der Waals surface area (Å²) in [4.78, 5) is 0.471. The molecule has 0 bridgehead atoms. The minimum Gasteiger partial charge on any atom is -0.389 e. The zero-order valence-corrected chi connectivity index (χ0v) is 14.0. The predicted molar refractivity (Wildman–Crippen MR) is 86.4 cm³/mol. The largest absolute Gasteiger partial charge is 0.389 e. The monoisotopic (exact) mass is 314 g/mol. The summed E-state index contributed by atoms with van der Waals surface area (Å²) in [6, 6.07) is 4.99. The number of hydrogen-bond acceptors (Lipinski definition) is 3. The van der Waals surface area contributed by atoms with Gasteiger partial charge in [0.05, 0.1) is 4.90 Å². The van der Waals surface area contributed by atoms with Crippen LogP contribution in [0.2, 0.25) is 0 Å². The van der Waals surface area contributed by atoms with Crippen molar-refractivity contribution in [3.05, 3.63) is 29.3 Å². The maximum atomic E-state index is 12.7. The quantitative estimate of drug-likeness (QED) is 0.819. The lowest BCUT2D eigenvalue weighted by Gasteiger charge is -2.25. The Balaban J connectivity index is 3.27. The van der Waals surface area contributed by atoms with Crippen LogP contribution in [0.4, 0.5) is 0 Å². The molecule has 1 rings (SSSR count). The number of thiocarbonyl (C=S) groups is 1. The lowest BCUT2D eigenvalue weighted by atomic mass is 10.1. The van der Waals surface area contributed by atoms with E-state index in [2.05, 4.69) is 0 Å². The molecule has 0 saturated carbocycles. The van der Waals surface area contributed by atoms with Crippen molar-refractivity contribution in [2.75, 3.05) is 7.05 Å². The molecule has 4 nitrogen and oxygen atoms in total. The van der Waals surface area contributed by atoms with E-state index in [1.165, 1.54) is 4.31 Å². The molecule has 6 heteroatoms. The summed E-state index contributed by atoms with van der Waals surface area (Å²) in [6.45, 7) is 5.72. The fourth-order valence-electron chi connectivity index (χ4n) is 2.02. The highest BCUT2D eigenvalue weighted by molar-refractivity contribution is 7.89. The Labute approximate surface area is 127 Å². The first-order chi connectivity index (χ1) is 9.21. The van der Waals surface area contributed by atoms with Crippen molar-refractivity contribution in [2.24, 2.45) is 5.73 Å². The van der Waals surface area contributed by atoms with Crippen molar-refractivity contribution in [3.63, 3.8) is 0 Å². The van der Waals surface area contributed by atoms with Crippen molar-refractivity contribution in [2.45, 2.75) is 44.6 Å². The number of sulfonamides is 1. The van der Waals surface area contributed by atoms with E-state index in [9.17, 15) is 8.42 Å². The summed E-state index contributed by atoms with van der Waals surface area (Å²) in [5.74, 6) is 0. The van der Waals surface area contributed by atoms with Crippen LogP contribution in [0.25, 0.3) is 0 Å². The fourth-order valence-corrected chi connectivity index (χ4v) is 3.79. The standard InChI is InChI=1S/C14H22N2O2S2/c1-5-6-11(3)16(4)20(17,18)13-9-12(14(15)19)8-7-10(13)2/h7-9,11H,5-6H2,1-4H3,(H2,15,19). The van der Waals surface area contributed by atoms with E-state index in [0.717, 1.165) is 12.8 Å². The van der Waals surface area contributed by atoms with E-state index in [4.69, 9.17) is 18.0 Å². The highest BCUT2D eigenvalue weighted by atomic mass is 32.2. The molecule has 2 N–H and O–H groups in total. The van der Waals surface area contributed by atoms with Gasteiger partial charge in [0.2, 0.25) is 10.0 Å². The van der Waals surface area contributed by atoms with Gasteiger partial charge in [0.25, 0.3) is 0 Å². The summed E-state index contributed by atoms with van der Waals surface area (Å²) < 4.78 is 26.8. The maximum Gasteiger partial charge on any atom is 0.243 e. The zero-order chi connectivity index (χ0) is 15.5. The third-order valence-corrected chi connectivity index (χ3v) is 5.81. The van der Waals surface area contributed by atoms with E-state index in [-0.39, 0.29) is 15.9 Å². The van der Waals surface area contributed by atoms with Gasteiger partial charge >= 0.3 is 0 Å². The molecule has 0 aliphatic rings. The van der Waals surface area contributed by atoms with Crippen LogP contribution in [0.5, 0.6) is 0 Å². The molecule has 0 aromatic heterocycles. The number of benzene rings is 1. The number of rotatable bonds is 6. The lowest BCUT2D eigenvalue weighted by Crippen LogP contribution is -2.35. The normalized spacial score (nSPS) is 13.4. The van der Waals surface area contributed by atoms with Gasteiger partial charge in [0.1, 0.15) is 4.99 Å². The van der Waals surface area contributed by atoms with Crippen molar-refractivity contribution < 1.29 is 8.42 Å². The Morgan fingerprint density at radius 2 is 2.05 bits per heavy atom. The Morgan fingerprint density at radius 1 is 1.45 bits per heavy atom. The molecule has 0 aliphatic heterocycles. The number of nitrogens with zero attached hydrogens (tertiary/aromatic N) is 1. The van der Waals surface area contributed by atoms with Crippen LogP contribution in [0.15, 0.2) is 23.1 Å². The van der Waals surface area contributed by atoms with Gasteiger partial charge in [-0.15, -0.1) is 0 Å². The van der Waals surface area contributed by atoms with Crippen molar-refractivity contribution >= 4 is 27.2 Å². The maximum absolute atomic E-state index is 12.7. The average molecular weight is 314 g/mol. The van der Waals surface area contributed by atoms with Crippen LogP contribution >= 0.6 is 12.2 Å². The number of hydrogen-bond donors (Lipinski definition) is 1. The van der Waals surface area contributed by atoms with Crippen LogP contribution in [-0.2, 0) is 10.0 Å². The molecule has 0 saturated heterocycles. The van der Waals surface area contributed by atoms with E-state index in [1.807, 2.05) is 13.8 Å². The molecule has 0 aliphatic carbocycles. The third-order valence-electron chi connectivity index (χ3n) is 3.46. The molecule has 20 heavy (non-hydrogen) atoms. The van der Waals surface area contributed by atoms with E-state index >= 15 is 0 Å². The molecule has 0 heterocycles. The van der Waals surface area contributed by atoms with Crippen LogP contribution in [0.1, 0.15) is 37.8 Å². The van der Waals surface area contributed by atoms with Crippen LogP contribution < -0.4 is 5.73 Å². The summed E-state index contributed by atoms with van der Waals surface area (Å²) in [5.41, 5.74) is 6.85. The Kier molecular flexibility index (Phi) is 5.68. The summed E-state index contributed by atoms with van der Waals surface area (Å²) in [6.07, 6.45) is 1.76. The first-order valence-corrected chi connectivity index (χ1v) is 8.45. The first kappa shape index (κ1) is 17.1. The number of nitrogens with two attached hydrogens (primary N) is 1. The molecule has 0 spiro atoms. The SMILES string of the molecule is CCCC(C)N(C)S(=O)(=O)c1cc(C(N)=S)ccc1C. The smallest absolute Gasteiger partial charge is 0.243 e. The molecule has 0 fully saturated rings. The van der Waals surface area contributed by atoms with Gasteiger partial charge in [0.15, 0.2) is 0 Å². The number of aryl methyl sites for hydroxylation is 1. The molecular formula is C14H22N2O2S2. The molecule has 1 aromatic carbocycles. The molecule has 1 aromatic rings. The lowest BCUT2D eigenvalue weighted by molar-refractivity contribution is 0.368. The van der Waals surface area contributed by atoms with E-state index in [1.54, 1.807) is 32.2 Å². The van der Waals surface area contributed by atoms with Crippen LogP contribution in [0.3, 0.4) is 0 Å². The van der Waals surface area contributed by atoms with Crippen molar-refractivity contribution in [1.82, 2.24) is 4.31 Å². The van der Waals surface area contributed by atoms with Gasteiger partial charge in [-0.1, -0.05) is 37.7 Å². The van der Waals surface area contributed by atoms with Gasteiger partial charge in [-0.25, -0.2) is 8.42 Å². The predicted octanol–water partition coefficient (Wildman–Crippen LogP) is 2.44. The molecular weight excluding hydrogens is 292 g/mol. The van der Waals surface area contributed by atoms with E-state index < -0.39 is 10.0 Å². The third kappa shape index (κ3) is 3.56. The Morgan fingerprint density at radius 3 is 2.55 bits per heavy atom. The molecule has 0 amide bonds. The second kappa shape index (κ2) is 6.65. The van der Waals surface area contributed by atoms with E-state index in [0.29, 0.717) is 11.1 Å². The highest BCUT2D eigenvalue weighted by Gasteiger charge is 2.26. The molecule has 112 valence electrons. The summed E-state index contributed by atoms with van der Waals surface area (Å²) in [7, 11) is -1.92. The van der Waals surface area contributed by atoms with Crippen LogP contribution in [-0.4, -0.2) is 30.8 Å². The second-order valence-electron chi connectivity index (χ2n) is 5.00. The van der Waals surface area contributed by atoms with Gasteiger partial charge < -0.3 is 5.73 Å². The first-order valence-electron chi connectivity index (χ1n) is 6.60. The molecule has 1 atom stereocenters. The van der Waals surface area contributed by atoms with Crippen LogP contribution in [0, 0.1) is 6.92 Å². The summed E-state index contributed by atoms with van der Waals surface area (Å²) in [5, 5.41) is 0. The average Bonchev–Trinajstić information content (AvgIpc) is 2.37. The Bertz CT molecular complexity index is 597. The van der Waals surface area contributed by atoms with Crippen molar-refractivity contribution in [1.29, 1.82) is 0 Å². The fraction of sp³-hybridized carbons (Fsp3) is 0.500. The molecule has 1 unspecified atom stereocenters. The molecule has 0 radical (unpaired) electrons. The minimum atomic E-state index is -3.53. The summed E-state index contributed by atoms with van der Waals surface area (Å²) >= 11 is 4.92. The zero-order valence-electron chi connectivity index (χ0n) is 12.4. The highest BCUT2D eigenvalue weighted by Crippen LogP contribution is 2.23. The minimum absolute atomic E-state index is 0.0436. The Hall–Kier alpha value is -0.980. The van der Waals surface area contributed by atoms with Gasteiger partial charge in [-0.2, -0.15) is 4.31 Å².